The molecule has 3 rings (SSSR count). The Kier molecular flexibility index (Phi) is 3.53. The topological polar surface area (TPSA) is 15.3 Å². The van der Waals surface area contributed by atoms with Crippen molar-refractivity contribution < 1.29 is 0 Å². The van der Waals surface area contributed by atoms with Crippen LogP contribution in [0.2, 0.25) is 0 Å². The molecule has 1 aromatic carbocycles. The van der Waals surface area contributed by atoms with Gasteiger partial charge < -0.3 is 10.2 Å². The molecule has 2 nitrogen and oxygen atoms in total. The summed E-state index contributed by atoms with van der Waals surface area (Å²) in [5.74, 6) is 0.774. The second-order valence-corrected chi connectivity index (χ2v) is 7.07. The zero-order valence-corrected chi connectivity index (χ0v) is 12.3. The molecule has 2 heterocycles. The van der Waals surface area contributed by atoms with Gasteiger partial charge in [0, 0.05) is 18.8 Å². The molecule has 0 aliphatic carbocycles. The maximum absolute atomic E-state index is 3.59. The maximum atomic E-state index is 3.59. The molecule has 0 bridgehead atoms. The average molecular weight is 258 g/mol. The van der Waals surface area contributed by atoms with Gasteiger partial charge in [0.05, 0.1) is 0 Å². The van der Waals surface area contributed by atoms with E-state index in [2.05, 4.69) is 48.3 Å². The molecule has 0 radical (unpaired) electrons. The number of nitrogens with zero attached hydrogens (tertiary/aromatic N) is 1. The van der Waals surface area contributed by atoms with Gasteiger partial charge in [-0.25, -0.2) is 0 Å². The molecular formula is C17H26N2. The second-order valence-electron chi connectivity index (χ2n) is 7.07. The van der Waals surface area contributed by atoms with Gasteiger partial charge in [0.1, 0.15) is 0 Å². The normalized spacial score (nSPS) is 26.5. The lowest BCUT2D eigenvalue weighted by molar-refractivity contribution is 0.118. The molecule has 0 amide bonds. The van der Waals surface area contributed by atoms with E-state index in [1.54, 1.807) is 0 Å². The lowest BCUT2D eigenvalue weighted by Gasteiger charge is -2.39. The van der Waals surface area contributed by atoms with E-state index >= 15 is 0 Å². The quantitative estimate of drug-likeness (QED) is 0.874. The van der Waals surface area contributed by atoms with E-state index in [4.69, 9.17) is 0 Å². The van der Waals surface area contributed by atoms with Crippen LogP contribution in [-0.4, -0.2) is 31.1 Å². The van der Waals surface area contributed by atoms with Crippen molar-refractivity contribution in [2.45, 2.75) is 33.1 Å². The largest absolute Gasteiger partial charge is 0.384 e. The van der Waals surface area contributed by atoms with Crippen LogP contribution in [0.3, 0.4) is 0 Å². The molecule has 0 spiro atoms. The number of para-hydroxylation sites is 1. The summed E-state index contributed by atoms with van der Waals surface area (Å²) in [6.45, 7) is 9.77. The van der Waals surface area contributed by atoms with Gasteiger partial charge in [0.15, 0.2) is 0 Å². The number of anilines is 1. The predicted molar refractivity (Wildman–Crippen MR) is 81.6 cm³/mol. The van der Waals surface area contributed by atoms with Gasteiger partial charge in [0.2, 0.25) is 0 Å². The number of fused-ring (bicyclic) bond motifs is 1. The molecule has 2 aliphatic heterocycles. The number of nitrogens with one attached hydrogen (secondary N) is 1. The minimum absolute atomic E-state index is 0.563. The van der Waals surface area contributed by atoms with Gasteiger partial charge in [-0.2, -0.15) is 0 Å². The van der Waals surface area contributed by atoms with Crippen LogP contribution < -0.4 is 5.32 Å². The van der Waals surface area contributed by atoms with Crippen LogP contribution in [-0.2, 0) is 6.42 Å². The lowest BCUT2D eigenvalue weighted by atomic mass is 9.82. The summed E-state index contributed by atoms with van der Waals surface area (Å²) in [7, 11) is 0. The zero-order valence-electron chi connectivity index (χ0n) is 12.3. The van der Waals surface area contributed by atoms with Crippen LogP contribution in [0, 0.1) is 11.3 Å². The number of benzene rings is 1. The average Bonchev–Trinajstić information content (AvgIpc) is 2.41. The number of hydrogen-bond donors (Lipinski definition) is 1. The third-order valence-electron chi connectivity index (χ3n) is 4.83. The maximum Gasteiger partial charge on any atom is 0.0372 e. The van der Waals surface area contributed by atoms with E-state index in [-0.39, 0.29) is 0 Å². The first-order chi connectivity index (χ1) is 9.12. The van der Waals surface area contributed by atoms with E-state index in [9.17, 15) is 0 Å². The fourth-order valence-electron chi connectivity index (χ4n) is 3.34. The second kappa shape index (κ2) is 5.16. The van der Waals surface area contributed by atoms with Gasteiger partial charge >= 0.3 is 0 Å². The summed E-state index contributed by atoms with van der Waals surface area (Å²) in [5.41, 5.74) is 3.41. The fraction of sp³-hybridized carbons (Fsp3) is 0.647. The highest BCUT2D eigenvalue weighted by molar-refractivity contribution is 5.53. The summed E-state index contributed by atoms with van der Waals surface area (Å²) in [6.07, 6.45) is 3.94. The van der Waals surface area contributed by atoms with E-state index < -0.39 is 0 Å². The molecule has 19 heavy (non-hydrogen) atoms. The summed E-state index contributed by atoms with van der Waals surface area (Å²) < 4.78 is 0. The van der Waals surface area contributed by atoms with Gasteiger partial charge in [-0.05, 0) is 55.3 Å². The first-order valence-corrected chi connectivity index (χ1v) is 7.66. The van der Waals surface area contributed by atoms with Crippen molar-refractivity contribution in [3.05, 3.63) is 29.8 Å². The summed E-state index contributed by atoms with van der Waals surface area (Å²) in [4.78, 5) is 2.67. The smallest absolute Gasteiger partial charge is 0.0372 e. The van der Waals surface area contributed by atoms with Crippen LogP contribution in [0.25, 0.3) is 0 Å². The molecule has 2 heteroatoms. The minimum Gasteiger partial charge on any atom is -0.384 e. The number of likely N-dealkylation sites (tertiary alicyclic amines) is 1. The lowest BCUT2D eigenvalue weighted by Crippen LogP contribution is -2.42. The van der Waals surface area contributed by atoms with E-state index in [1.807, 2.05) is 0 Å². The Morgan fingerprint density at radius 2 is 1.95 bits per heavy atom. The first-order valence-electron chi connectivity index (χ1n) is 7.66. The minimum atomic E-state index is 0.563. The van der Waals surface area contributed by atoms with Crippen LogP contribution in [0.15, 0.2) is 24.3 Å². The summed E-state index contributed by atoms with van der Waals surface area (Å²) in [5, 5.41) is 3.59. The van der Waals surface area contributed by atoms with Gasteiger partial charge in [0.25, 0.3) is 0 Å². The number of rotatable bonds is 2. The van der Waals surface area contributed by atoms with Crippen LogP contribution in [0.5, 0.6) is 0 Å². The molecule has 1 fully saturated rings. The standard InChI is InChI=1S/C17H26N2/c1-17(2)7-9-19(10-8-17)13-14-11-15-5-3-4-6-16(15)18-12-14/h3-6,14,18H,7-13H2,1-2H3. The Morgan fingerprint density at radius 3 is 2.74 bits per heavy atom. The number of piperidine rings is 1. The molecule has 1 saturated heterocycles. The van der Waals surface area contributed by atoms with Gasteiger partial charge in [-0.1, -0.05) is 32.0 Å². The molecule has 1 N–H and O–H groups in total. The van der Waals surface area contributed by atoms with Crippen LogP contribution in [0.4, 0.5) is 5.69 Å². The first kappa shape index (κ1) is 13.0. The monoisotopic (exact) mass is 258 g/mol. The molecule has 104 valence electrons. The fourth-order valence-corrected chi connectivity index (χ4v) is 3.34. The Bertz CT molecular complexity index is 429. The molecule has 0 saturated carbocycles. The highest BCUT2D eigenvalue weighted by Gasteiger charge is 2.27. The van der Waals surface area contributed by atoms with E-state index in [0.717, 1.165) is 12.5 Å². The third kappa shape index (κ3) is 3.11. The van der Waals surface area contributed by atoms with Crippen molar-refractivity contribution in [1.82, 2.24) is 4.90 Å². The summed E-state index contributed by atoms with van der Waals surface area (Å²) >= 11 is 0. The van der Waals surface area contributed by atoms with E-state index in [1.165, 1.54) is 50.1 Å². The molecular weight excluding hydrogens is 232 g/mol. The van der Waals surface area contributed by atoms with Gasteiger partial charge in [-0.15, -0.1) is 0 Å². The molecule has 1 atom stereocenters. The van der Waals surface area contributed by atoms with Crippen LogP contribution >= 0.6 is 0 Å². The van der Waals surface area contributed by atoms with Crippen molar-refractivity contribution in [2.75, 3.05) is 31.5 Å². The van der Waals surface area contributed by atoms with Crippen molar-refractivity contribution in [3.63, 3.8) is 0 Å². The highest BCUT2D eigenvalue weighted by atomic mass is 15.1. The predicted octanol–water partition coefficient (Wildman–Crippen LogP) is 3.39. The van der Waals surface area contributed by atoms with E-state index in [0.29, 0.717) is 5.41 Å². The van der Waals surface area contributed by atoms with Gasteiger partial charge in [-0.3, -0.25) is 0 Å². The SMILES string of the molecule is CC1(C)CCN(CC2CNc3ccccc3C2)CC1. The zero-order chi connectivity index (χ0) is 13.3. The van der Waals surface area contributed by atoms with Crippen molar-refractivity contribution in [3.8, 4) is 0 Å². The number of hydrogen-bond acceptors (Lipinski definition) is 2. The highest BCUT2D eigenvalue weighted by Crippen LogP contribution is 2.31. The molecule has 1 aromatic rings. The Hall–Kier alpha value is -1.02. The van der Waals surface area contributed by atoms with Crippen molar-refractivity contribution in [1.29, 1.82) is 0 Å². The Balaban J connectivity index is 1.55. The Labute approximate surface area is 117 Å². The molecule has 0 aromatic heterocycles. The summed E-state index contributed by atoms with van der Waals surface area (Å²) in [6, 6.07) is 8.76. The third-order valence-corrected chi connectivity index (χ3v) is 4.83. The Morgan fingerprint density at radius 1 is 1.21 bits per heavy atom. The van der Waals surface area contributed by atoms with Crippen molar-refractivity contribution in [2.24, 2.45) is 11.3 Å². The molecule has 2 aliphatic rings. The van der Waals surface area contributed by atoms with Crippen LogP contribution in [0.1, 0.15) is 32.3 Å². The molecule has 1 unspecified atom stereocenters. The van der Waals surface area contributed by atoms with Crippen molar-refractivity contribution >= 4 is 5.69 Å².